The highest BCUT2D eigenvalue weighted by molar-refractivity contribution is 6.04. The molecule has 1 aliphatic rings. The Kier molecular flexibility index (Phi) is 5.09. The van der Waals surface area contributed by atoms with Gasteiger partial charge in [-0.25, -0.2) is 4.68 Å². The molecule has 0 bridgehead atoms. The number of anilines is 2. The third-order valence-corrected chi connectivity index (χ3v) is 4.84. The van der Waals surface area contributed by atoms with Crippen molar-refractivity contribution in [3.63, 3.8) is 0 Å². The van der Waals surface area contributed by atoms with E-state index in [-0.39, 0.29) is 5.91 Å². The fourth-order valence-electron chi connectivity index (χ4n) is 3.33. The van der Waals surface area contributed by atoms with Crippen LogP contribution in [0.4, 0.5) is 11.4 Å². The molecule has 1 aromatic heterocycles. The Labute approximate surface area is 158 Å². The fourth-order valence-corrected chi connectivity index (χ4v) is 3.33. The zero-order chi connectivity index (χ0) is 18.5. The van der Waals surface area contributed by atoms with Gasteiger partial charge < -0.3 is 10.2 Å². The van der Waals surface area contributed by atoms with E-state index < -0.39 is 0 Å². The third-order valence-electron chi connectivity index (χ3n) is 4.84. The lowest BCUT2D eigenvalue weighted by atomic mass is 10.2. The molecular weight excluding hydrogens is 340 g/mol. The topological polar surface area (TPSA) is 75.9 Å². The Bertz CT molecular complexity index is 866. The van der Waals surface area contributed by atoms with Crippen molar-refractivity contribution >= 4 is 17.3 Å². The van der Waals surface area contributed by atoms with Crippen LogP contribution in [0.1, 0.15) is 36.0 Å². The first-order valence-corrected chi connectivity index (χ1v) is 9.29. The molecule has 138 valence electrons. The molecule has 1 fully saturated rings. The van der Waals surface area contributed by atoms with Gasteiger partial charge in [0.1, 0.15) is 6.33 Å². The van der Waals surface area contributed by atoms with E-state index in [1.807, 2.05) is 24.3 Å². The zero-order valence-electron chi connectivity index (χ0n) is 15.1. The lowest BCUT2D eigenvalue weighted by molar-refractivity contribution is 0.102. The second-order valence-corrected chi connectivity index (χ2v) is 6.70. The molecule has 0 spiro atoms. The van der Waals surface area contributed by atoms with Crippen molar-refractivity contribution in [3.8, 4) is 5.69 Å². The highest BCUT2D eigenvalue weighted by atomic mass is 16.1. The van der Waals surface area contributed by atoms with Crippen LogP contribution in [0, 0.1) is 0 Å². The van der Waals surface area contributed by atoms with Gasteiger partial charge in [-0.2, -0.15) is 0 Å². The average molecular weight is 362 g/mol. The number of nitrogens with one attached hydrogen (secondary N) is 1. The first-order chi connectivity index (χ1) is 13.3. The maximum Gasteiger partial charge on any atom is 0.255 e. The van der Waals surface area contributed by atoms with Crippen molar-refractivity contribution in [1.29, 1.82) is 0 Å². The molecule has 1 N–H and O–H groups in total. The second kappa shape index (κ2) is 7.99. The van der Waals surface area contributed by atoms with E-state index in [2.05, 4.69) is 37.9 Å². The van der Waals surface area contributed by atoms with E-state index in [4.69, 9.17) is 0 Å². The van der Waals surface area contributed by atoms with Gasteiger partial charge in [0.2, 0.25) is 0 Å². The second-order valence-electron chi connectivity index (χ2n) is 6.70. The Morgan fingerprint density at radius 2 is 1.52 bits per heavy atom. The van der Waals surface area contributed by atoms with Crippen molar-refractivity contribution < 1.29 is 4.79 Å². The molecule has 0 saturated carbocycles. The van der Waals surface area contributed by atoms with E-state index in [0.29, 0.717) is 5.56 Å². The summed E-state index contributed by atoms with van der Waals surface area (Å²) in [6.45, 7) is 2.22. The van der Waals surface area contributed by atoms with Gasteiger partial charge in [0.05, 0.1) is 5.69 Å². The minimum absolute atomic E-state index is 0.138. The number of carbonyl (C=O) groups excluding carboxylic acids is 1. The van der Waals surface area contributed by atoms with Crippen molar-refractivity contribution in [2.24, 2.45) is 0 Å². The third kappa shape index (κ3) is 4.13. The summed E-state index contributed by atoms with van der Waals surface area (Å²) in [6, 6.07) is 15.3. The van der Waals surface area contributed by atoms with E-state index in [9.17, 15) is 4.79 Å². The van der Waals surface area contributed by atoms with Crippen LogP contribution in [0.3, 0.4) is 0 Å². The molecule has 0 atom stereocenters. The predicted molar refractivity (Wildman–Crippen MR) is 104 cm³/mol. The summed E-state index contributed by atoms with van der Waals surface area (Å²) >= 11 is 0. The summed E-state index contributed by atoms with van der Waals surface area (Å²) in [7, 11) is 0. The van der Waals surface area contributed by atoms with Gasteiger partial charge in [0, 0.05) is 30.0 Å². The SMILES string of the molecule is O=C(Nc1ccc(N2CCCCCC2)cc1)c1ccc(-n2cnnn2)cc1. The number of carbonyl (C=O) groups is 1. The van der Waals surface area contributed by atoms with Gasteiger partial charge in [-0.15, -0.1) is 5.10 Å². The number of nitrogens with zero attached hydrogens (tertiary/aromatic N) is 5. The molecule has 0 aliphatic carbocycles. The highest BCUT2D eigenvalue weighted by Gasteiger charge is 2.11. The van der Waals surface area contributed by atoms with Crippen LogP contribution in [-0.4, -0.2) is 39.2 Å². The number of tetrazole rings is 1. The maximum absolute atomic E-state index is 12.5. The summed E-state index contributed by atoms with van der Waals surface area (Å²) in [6.07, 6.45) is 6.65. The number of hydrogen-bond acceptors (Lipinski definition) is 5. The molecule has 1 amide bonds. The molecule has 7 heteroatoms. The summed E-state index contributed by atoms with van der Waals surface area (Å²) in [5.74, 6) is -0.138. The minimum atomic E-state index is -0.138. The molecule has 3 aromatic rings. The lowest BCUT2D eigenvalue weighted by Gasteiger charge is -2.22. The number of rotatable bonds is 4. The largest absolute Gasteiger partial charge is 0.372 e. The zero-order valence-corrected chi connectivity index (χ0v) is 15.1. The number of benzene rings is 2. The Hall–Kier alpha value is -3.22. The van der Waals surface area contributed by atoms with Gasteiger partial charge >= 0.3 is 0 Å². The lowest BCUT2D eigenvalue weighted by Crippen LogP contribution is -2.23. The molecule has 1 saturated heterocycles. The summed E-state index contributed by atoms with van der Waals surface area (Å²) < 4.78 is 1.54. The molecule has 4 rings (SSSR count). The number of hydrogen-bond donors (Lipinski definition) is 1. The molecule has 0 unspecified atom stereocenters. The number of amides is 1. The van der Waals surface area contributed by atoms with Gasteiger partial charge in [-0.1, -0.05) is 12.8 Å². The summed E-state index contributed by atoms with van der Waals surface area (Å²) in [5.41, 5.74) is 3.41. The van der Waals surface area contributed by atoms with Crippen molar-refractivity contribution in [2.75, 3.05) is 23.3 Å². The van der Waals surface area contributed by atoms with Crippen LogP contribution < -0.4 is 10.2 Å². The van der Waals surface area contributed by atoms with Crippen molar-refractivity contribution in [3.05, 3.63) is 60.4 Å². The average Bonchev–Trinajstić information content (AvgIpc) is 3.11. The smallest absolute Gasteiger partial charge is 0.255 e. The normalized spacial score (nSPS) is 14.6. The Balaban J connectivity index is 1.40. The maximum atomic E-state index is 12.5. The van der Waals surface area contributed by atoms with Gasteiger partial charge in [-0.05, 0) is 71.8 Å². The van der Waals surface area contributed by atoms with E-state index in [0.717, 1.165) is 24.5 Å². The summed E-state index contributed by atoms with van der Waals surface area (Å²) in [4.78, 5) is 14.9. The molecule has 1 aliphatic heterocycles. The monoisotopic (exact) mass is 362 g/mol. The van der Waals surface area contributed by atoms with Crippen LogP contribution in [0.15, 0.2) is 54.9 Å². The van der Waals surface area contributed by atoms with Crippen LogP contribution >= 0.6 is 0 Å². The van der Waals surface area contributed by atoms with E-state index in [1.54, 1.807) is 16.8 Å². The molecule has 2 aromatic carbocycles. The molecule has 27 heavy (non-hydrogen) atoms. The molecule has 2 heterocycles. The number of aromatic nitrogens is 4. The predicted octanol–water partition coefficient (Wildman–Crippen LogP) is 3.30. The van der Waals surface area contributed by atoms with Gasteiger partial charge in [0.25, 0.3) is 5.91 Å². The van der Waals surface area contributed by atoms with Crippen LogP contribution in [0.2, 0.25) is 0 Å². The first-order valence-electron chi connectivity index (χ1n) is 9.29. The van der Waals surface area contributed by atoms with Crippen LogP contribution in [0.25, 0.3) is 5.69 Å². The van der Waals surface area contributed by atoms with E-state index >= 15 is 0 Å². The van der Waals surface area contributed by atoms with Crippen molar-refractivity contribution in [2.45, 2.75) is 25.7 Å². The standard InChI is InChI=1S/C20H22N6O/c27-20(16-5-9-19(10-6-16)26-15-21-23-24-26)22-17-7-11-18(12-8-17)25-13-3-1-2-4-14-25/h5-12,15H,1-4,13-14H2,(H,22,27). The van der Waals surface area contributed by atoms with Crippen LogP contribution in [-0.2, 0) is 0 Å². The Morgan fingerprint density at radius 1 is 0.852 bits per heavy atom. The minimum Gasteiger partial charge on any atom is -0.372 e. The summed E-state index contributed by atoms with van der Waals surface area (Å²) in [5, 5.41) is 14.0. The first kappa shape index (κ1) is 17.2. The fraction of sp³-hybridized carbons (Fsp3) is 0.300. The molecule has 0 radical (unpaired) electrons. The Morgan fingerprint density at radius 3 is 2.15 bits per heavy atom. The van der Waals surface area contributed by atoms with Crippen LogP contribution in [0.5, 0.6) is 0 Å². The molecule has 7 nitrogen and oxygen atoms in total. The highest BCUT2D eigenvalue weighted by Crippen LogP contribution is 2.22. The van der Waals surface area contributed by atoms with Gasteiger partial charge in [-0.3, -0.25) is 4.79 Å². The quantitative estimate of drug-likeness (QED) is 0.771. The molecular formula is C20H22N6O. The van der Waals surface area contributed by atoms with Crippen molar-refractivity contribution in [1.82, 2.24) is 20.2 Å². The van der Waals surface area contributed by atoms with E-state index in [1.165, 1.54) is 37.7 Å². The van der Waals surface area contributed by atoms with Gasteiger partial charge in [0.15, 0.2) is 0 Å².